The summed E-state index contributed by atoms with van der Waals surface area (Å²) >= 11 is 1.80. The molecule has 4 aromatic heterocycles. The number of para-hydroxylation sites is 3. The lowest BCUT2D eigenvalue weighted by Gasteiger charge is -2.12. The maximum absolute atomic E-state index is 6.42. The van der Waals surface area contributed by atoms with Crippen LogP contribution < -0.4 is 0 Å². The van der Waals surface area contributed by atoms with E-state index in [1.165, 1.54) is 20.2 Å². The number of pyridine rings is 1. The highest BCUT2D eigenvalue weighted by molar-refractivity contribution is 7.26. The first-order valence-corrected chi connectivity index (χ1v) is 20.8. The van der Waals surface area contributed by atoms with E-state index in [1.54, 1.807) is 11.3 Å². The second-order valence-electron chi connectivity index (χ2n) is 14.9. The molecule has 6 heteroatoms. The van der Waals surface area contributed by atoms with E-state index in [4.69, 9.17) is 24.4 Å². The van der Waals surface area contributed by atoms with E-state index in [0.717, 1.165) is 83.0 Å². The predicted octanol–water partition coefficient (Wildman–Crippen LogP) is 14.7. The molecule has 0 bridgehead atoms. The SMILES string of the molecule is c1ccc(-c2nc(-c3ccc(-c4nc5c(-c6ccccc6)cccc5c5c4sc4ccccc45)cc3)nc(-c3cccc(-c4cccc5c4oc4ccccc45)c3)n2)cc1. The van der Waals surface area contributed by atoms with Crippen LogP contribution in [-0.4, -0.2) is 19.9 Å². The van der Waals surface area contributed by atoms with Gasteiger partial charge in [0, 0.05) is 65.0 Å². The Morgan fingerprint density at radius 2 is 0.917 bits per heavy atom. The minimum Gasteiger partial charge on any atom is -0.455 e. The summed E-state index contributed by atoms with van der Waals surface area (Å²) in [5, 5.41) is 5.85. The minimum absolute atomic E-state index is 0.596. The van der Waals surface area contributed by atoms with Crippen LogP contribution in [-0.2, 0) is 0 Å². The lowest BCUT2D eigenvalue weighted by atomic mass is 9.97. The monoisotopic (exact) mass is 784 g/mol. The average molecular weight is 785 g/mol. The Kier molecular flexibility index (Phi) is 7.96. The zero-order valence-electron chi connectivity index (χ0n) is 32.1. The molecule has 0 saturated heterocycles. The lowest BCUT2D eigenvalue weighted by Crippen LogP contribution is -2.00. The van der Waals surface area contributed by atoms with E-state index in [9.17, 15) is 0 Å². The van der Waals surface area contributed by atoms with E-state index in [-0.39, 0.29) is 0 Å². The zero-order chi connectivity index (χ0) is 39.6. The van der Waals surface area contributed by atoms with Crippen LogP contribution in [0.15, 0.2) is 199 Å². The van der Waals surface area contributed by atoms with E-state index < -0.39 is 0 Å². The average Bonchev–Trinajstić information content (AvgIpc) is 3.91. The third-order valence-electron chi connectivity index (χ3n) is 11.3. The van der Waals surface area contributed by atoms with Gasteiger partial charge in [0.25, 0.3) is 0 Å². The van der Waals surface area contributed by atoms with Crippen molar-refractivity contribution in [3.8, 4) is 67.7 Å². The number of benzene rings is 8. The van der Waals surface area contributed by atoms with Gasteiger partial charge in [-0.15, -0.1) is 11.3 Å². The highest BCUT2D eigenvalue weighted by Crippen LogP contribution is 2.45. The summed E-state index contributed by atoms with van der Waals surface area (Å²) in [6.07, 6.45) is 0. The molecular weight excluding hydrogens is 753 g/mol. The fourth-order valence-electron chi connectivity index (χ4n) is 8.48. The van der Waals surface area contributed by atoms with Crippen molar-refractivity contribution in [3.05, 3.63) is 194 Å². The molecule has 12 rings (SSSR count). The van der Waals surface area contributed by atoms with Gasteiger partial charge >= 0.3 is 0 Å². The van der Waals surface area contributed by atoms with Crippen LogP contribution in [0.2, 0.25) is 0 Å². The fourth-order valence-corrected chi connectivity index (χ4v) is 9.71. The van der Waals surface area contributed by atoms with Crippen molar-refractivity contribution in [2.75, 3.05) is 0 Å². The van der Waals surface area contributed by atoms with Crippen LogP contribution in [0, 0.1) is 0 Å². The quantitative estimate of drug-likeness (QED) is 0.168. The number of hydrogen-bond acceptors (Lipinski definition) is 6. The van der Waals surface area contributed by atoms with Gasteiger partial charge in [0.15, 0.2) is 17.5 Å². The first-order chi connectivity index (χ1) is 29.7. The van der Waals surface area contributed by atoms with Gasteiger partial charge < -0.3 is 4.42 Å². The molecule has 280 valence electrons. The zero-order valence-corrected chi connectivity index (χ0v) is 32.9. The first kappa shape index (κ1) is 34.3. The first-order valence-electron chi connectivity index (χ1n) is 20.0. The van der Waals surface area contributed by atoms with Crippen molar-refractivity contribution in [1.29, 1.82) is 0 Å². The normalized spacial score (nSPS) is 11.7. The van der Waals surface area contributed by atoms with E-state index in [2.05, 4.69) is 146 Å². The van der Waals surface area contributed by atoms with Crippen LogP contribution in [0.25, 0.3) is 121 Å². The largest absolute Gasteiger partial charge is 0.455 e. The fraction of sp³-hybridized carbons (Fsp3) is 0. The van der Waals surface area contributed by atoms with Crippen LogP contribution >= 0.6 is 11.3 Å². The van der Waals surface area contributed by atoms with Crippen LogP contribution in [0.5, 0.6) is 0 Å². The van der Waals surface area contributed by atoms with Gasteiger partial charge in [0.05, 0.1) is 15.9 Å². The van der Waals surface area contributed by atoms with Gasteiger partial charge in [0.1, 0.15) is 11.2 Å². The van der Waals surface area contributed by atoms with Gasteiger partial charge in [-0.05, 0) is 29.3 Å². The molecule has 0 saturated carbocycles. The molecule has 0 N–H and O–H groups in total. The Labute approximate surface area is 348 Å². The summed E-state index contributed by atoms with van der Waals surface area (Å²) in [6.45, 7) is 0. The number of rotatable bonds is 6. The maximum atomic E-state index is 6.42. The number of nitrogens with zero attached hydrogens (tertiary/aromatic N) is 4. The van der Waals surface area contributed by atoms with Crippen LogP contribution in [0.3, 0.4) is 0 Å². The highest BCUT2D eigenvalue weighted by Gasteiger charge is 2.20. The van der Waals surface area contributed by atoms with Gasteiger partial charge in [-0.25, -0.2) is 19.9 Å². The van der Waals surface area contributed by atoms with E-state index in [1.807, 2.05) is 48.5 Å². The second-order valence-corrected chi connectivity index (χ2v) is 16.0. The predicted molar refractivity (Wildman–Crippen MR) is 248 cm³/mol. The summed E-state index contributed by atoms with van der Waals surface area (Å²) < 4.78 is 8.84. The Balaban J connectivity index is 0.994. The summed E-state index contributed by atoms with van der Waals surface area (Å²) in [7, 11) is 0. The van der Waals surface area contributed by atoms with Crippen LogP contribution in [0.4, 0.5) is 0 Å². The standard InChI is InChI=1S/C54H32N4OS/c1-3-14-33(15-4-1)39-22-12-25-44-47-43-21-8-10-27-46(43)60-51(47)48(55-49(39)44)34-28-30-36(31-29-34)53-56-52(35-16-5-2-6-17-35)57-54(58-53)38-19-11-18-37(32-38)40-23-13-24-42-41-20-7-9-26-45(41)59-50(40)42/h1-32H. The van der Waals surface area contributed by atoms with Gasteiger partial charge in [-0.2, -0.15) is 0 Å². The molecule has 0 radical (unpaired) electrons. The third-order valence-corrected chi connectivity index (χ3v) is 12.5. The molecule has 4 heterocycles. The third kappa shape index (κ3) is 5.69. The van der Waals surface area contributed by atoms with Crippen molar-refractivity contribution in [2.45, 2.75) is 0 Å². The Hall–Kier alpha value is -7.80. The summed E-state index contributed by atoms with van der Waals surface area (Å²) in [5.41, 5.74) is 11.7. The second kappa shape index (κ2) is 13.9. The summed E-state index contributed by atoms with van der Waals surface area (Å²) in [6, 6.07) is 67.2. The molecule has 5 nitrogen and oxygen atoms in total. The minimum atomic E-state index is 0.596. The van der Waals surface area contributed by atoms with Crippen molar-refractivity contribution < 1.29 is 4.42 Å². The Morgan fingerprint density at radius 3 is 1.70 bits per heavy atom. The molecule has 0 fully saturated rings. The molecule has 60 heavy (non-hydrogen) atoms. The molecular formula is C54H32N4OS. The highest BCUT2D eigenvalue weighted by atomic mass is 32.1. The molecule has 0 aliphatic rings. The van der Waals surface area contributed by atoms with Crippen molar-refractivity contribution >= 4 is 64.4 Å². The van der Waals surface area contributed by atoms with Crippen molar-refractivity contribution in [3.63, 3.8) is 0 Å². The molecule has 0 unspecified atom stereocenters. The summed E-state index contributed by atoms with van der Waals surface area (Å²) in [5.74, 6) is 1.80. The summed E-state index contributed by atoms with van der Waals surface area (Å²) in [4.78, 5) is 20.7. The maximum Gasteiger partial charge on any atom is 0.164 e. The number of thiophene rings is 1. The lowest BCUT2D eigenvalue weighted by molar-refractivity contribution is 0.670. The number of fused-ring (bicyclic) bond motifs is 8. The molecule has 12 aromatic rings. The molecule has 0 atom stereocenters. The van der Waals surface area contributed by atoms with Crippen LogP contribution in [0.1, 0.15) is 0 Å². The Morgan fingerprint density at radius 1 is 0.367 bits per heavy atom. The topological polar surface area (TPSA) is 64.7 Å². The van der Waals surface area contributed by atoms with Crippen molar-refractivity contribution in [2.24, 2.45) is 0 Å². The van der Waals surface area contributed by atoms with Crippen molar-refractivity contribution in [1.82, 2.24) is 19.9 Å². The molecule has 0 aliphatic carbocycles. The van der Waals surface area contributed by atoms with E-state index >= 15 is 0 Å². The van der Waals surface area contributed by atoms with E-state index in [0.29, 0.717) is 17.5 Å². The van der Waals surface area contributed by atoms with Gasteiger partial charge in [-0.3, -0.25) is 0 Å². The molecule has 8 aromatic carbocycles. The van der Waals surface area contributed by atoms with Gasteiger partial charge in [0.2, 0.25) is 0 Å². The Bertz CT molecular complexity index is 3600. The smallest absolute Gasteiger partial charge is 0.164 e. The number of furan rings is 1. The van der Waals surface area contributed by atoms with Gasteiger partial charge in [-0.1, -0.05) is 176 Å². The molecule has 0 amide bonds. The number of hydrogen-bond donors (Lipinski definition) is 0. The molecule has 0 spiro atoms. The number of aromatic nitrogens is 4. The molecule has 0 aliphatic heterocycles.